The van der Waals surface area contributed by atoms with Crippen LogP contribution in [0.2, 0.25) is 5.15 Å². The van der Waals surface area contributed by atoms with Gasteiger partial charge in [-0.05, 0) is 24.3 Å². The fraction of sp³-hybridized carbons (Fsp3) is 0.154. The van der Waals surface area contributed by atoms with E-state index in [-0.39, 0.29) is 17.4 Å². The third-order valence-corrected chi connectivity index (χ3v) is 2.78. The zero-order chi connectivity index (χ0) is 13.0. The number of ether oxygens (including phenoxy) is 1. The van der Waals surface area contributed by atoms with Crippen LogP contribution in [0.4, 0.5) is 0 Å². The lowest BCUT2D eigenvalue weighted by Crippen LogP contribution is -2.06. The van der Waals surface area contributed by atoms with Gasteiger partial charge in [0.1, 0.15) is 5.75 Å². The van der Waals surface area contributed by atoms with Crippen LogP contribution in [0.25, 0.3) is 0 Å². The van der Waals surface area contributed by atoms with Crippen molar-refractivity contribution < 1.29 is 9.53 Å². The van der Waals surface area contributed by atoms with Crippen molar-refractivity contribution in [2.24, 2.45) is 0 Å². The predicted octanol–water partition coefficient (Wildman–Crippen LogP) is 2.56. The normalized spacial score (nSPS) is 10.1. The molecule has 0 saturated heterocycles. The number of ketones is 1. The van der Waals surface area contributed by atoms with Gasteiger partial charge in [-0.3, -0.25) is 9.78 Å². The molecule has 0 aliphatic heterocycles. The molecule has 0 bridgehead atoms. The summed E-state index contributed by atoms with van der Waals surface area (Å²) in [7, 11) is 1.58. The highest BCUT2D eigenvalue weighted by Crippen LogP contribution is 2.15. The van der Waals surface area contributed by atoms with E-state index in [4.69, 9.17) is 16.3 Å². The molecule has 1 aromatic carbocycles. The second-order valence-corrected chi connectivity index (χ2v) is 3.98. The van der Waals surface area contributed by atoms with Crippen LogP contribution in [0.1, 0.15) is 16.1 Å². The molecule has 92 valence electrons. The molecule has 18 heavy (non-hydrogen) atoms. The Morgan fingerprint density at radius 3 is 2.50 bits per heavy atom. The summed E-state index contributed by atoms with van der Waals surface area (Å²) in [4.78, 5) is 19.9. The summed E-state index contributed by atoms with van der Waals surface area (Å²) in [6.45, 7) is 0. The highest BCUT2D eigenvalue weighted by atomic mass is 35.5. The number of Topliss-reactive ketones (excluding diaryl/α,β-unsaturated/α-hetero) is 1. The van der Waals surface area contributed by atoms with E-state index in [9.17, 15) is 4.79 Å². The average molecular weight is 263 g/mol. The minimum absolute atomic E-state index is 0.0555. The van der Waals surface area contributed by atoms with Gasteiger partial charge in [0.25, 0.3) is 0 Å². The van der Waals surface area contributed by atoms with Crippen molar-refractivity contribution in [1.82, 2.24) is 9.97 Å². The number of carbonyl (C=O) groups is 1. The van der Waals surface area contributed by atoms with Gasteiger partial charge < -0.3 is 4.74 Å². The number of carbonyl (C=O) groups excluding carboxylic acids is 1. The fourth-order valence-electron chi connectivity index (χ4n) is 1.50. The number of nitrogens with zero attached hydrogens (tertiary/aromatic N) is 2. The molecule has 1 aromatic heterocycles. The smallest absolute Gasteiger partial charge is 0.168 e. The predicted molar refractivity (Wildman–Crippen MR) is 68.1 cm³/mol. The largest absolute Gasteiger partial charge is 0.497 e. The van der Waals surface area contributed by atoms with Crippen LogP contribution in [0.5, 0.6) is 5.75 Å². The van der Waals surface area contributed by atoms with Crippen molar-refractivity contribution in [2.75, 3.05) is 7.11 Å². The van der Waals surface area contributed by atoms with Gasteiger partial charge in [0.05, 0.1) is 19.2 Å². The maximum Gasteiger partial charge on any atom is 0.168 e. The van der Waals surface area contributed by atoms with Crippen molar-refractivity contribution in [2.45, 2.75) is 6.42 Å². The Morgan fingerprint density at radius 1 is 1.22 bits per heavy atom. The third kappa shape index (κ3) is 2.84. The summed E-state index contributed by atoms with van der Waals surface area (Å²) >= 11 is 5.86. The van der Waals surface area contributed by atoms with Gasteiger partial charge in [-0.1, -0.05) is 11.6 Å². The van der Waals surface area contributed by atoms with Gasteiger partial charge in [0.15, 0.2) is 10.9 Å². The van der Waals surface area contributed by atoms with Crippen LogP contribution in [-0.2, 0) is 6.42 Å². The molecule has 0 saturated carbocycles. The Hall–Kier alpha value is -1.94. The second-order valence-electron chi connectivity index (χ2n) is 3.62. The lowest BCUT2D eigenvalue weighted by molar-refractivity contribution is 0.0992. The van der Waals surface area contributed by atoms with Crippen molar-refractivity contribution in [1.29, 1.82) is 0 Å². The molecule has 0 N–H and O–H groups in total. The number of methoxy groups -OCH3 is 1. The highest BCUT2D eigenvalue weighted by molar-refractivity contribution is 6.30. The van der Waals surface area contributed by atoms with Crippen LogP contribution in [0.15, 0.2) is 36.7 Å². The standard InChI is InChI=1S/C13H11ClN2O2/c1-18-10-4-2-9(3-5-10)12(17)8-11-13(14)16-7-6-15-11/h2-7H,8H2,1H3. The van der Waals surface area contributed by atoms with E-state index >= 15 is 0 Å². The topological polar surface area (TPSA) is 52.1 Å². The lowest BCUT2D eigenvalue weighted by Gasteiger charge is -2.03. The molecule has 0 fully saturated rings. The number of rotatable bonds is 4. The molecular formula is C13H11ClN2O2. The first-order valence-corrected chi connectivity index (χ1v) is 5.71. The Balaban J connectivity index is 2.14. The summed E-state index contributed by atoms with van der Waals surface area (Å²) in [6.07, 6.45) is 3.14. The van der Waals surface area contributed by atoms with Crippen molar-refractivity contribution >= 4 is 17.4 Å². The molecule has 5 heteroatoms. The van der Waals surface area contributed by atoms with Gasteiger partial charge in [0, 0.05) is 18.0 Å². The quantitative estimate of drug-likeness (QED) is 0.795. The molecule has 1 heterocycles. The van der Waals surface area contributed by atoms with E-state index in [1.54, 1.807) is 31.4 Å². The molecule has 2 aromatic rings. The number of aromatic nitrogens is 2. The van der Waals surface area contributed by atoms with Crippen molar-refractivity contribution in [3.05, 3.63) is 53.1 Å². The Morgan fingerprint density at radius 2 is 1.89 bits per heavy atom. The molecule has 0 aliphatic carbocycles. The van der Waals surface area contributed by atoms with E-state index in [2.05, 4.69) is 9.97 Å². The highest BCUT2D eigenvalue weighted by Gasteiger charge is 2.11. The van der Waals surface area contributed by atoms with Gasteiger partial charge >= 0.3 is 0 Å². The molecular weight excluding hydrogens is 252 g/mol. The first kappa shape index (κ1) is 12.5. The molecule has 0 amide bonds. The number of hydrogen-bond donors (Lipinski definition) is 0. The van der Waals surface area contributed by atoms with E-state index in [1.807, 2.05) is 0 Å². The van der Waals surface area contributed by atoms with Gasteiger partial charge in [-0.25, -0.2) is 4.98 Å². The maximum atomic E-state index is 12.0. The van der Waals surface area contributed by atoms with E-state index in [1.165, 1.54) is 12.4 Å². The van der Waals surface area contributed by atoms with Crippen LogP contribution < -0.4 is 4.74 Å². The third-order valence-electron chi connectivity index (χ3n) is 2.46. The van der Waals surface area contributed by atoms with E-state index in [0.29, 0.717) is 17.0 Å². The Bertz CT molecular complexity index is 555. The minimum atomic E-state index is -0.0555. The summed E-state index contributed by atoms with van der Waals surface area (Å²) < 4.78 is 5.03. The van der Waals surface area contributed by atoms with Crippen LogP contribution in [0, 0.1) is 0 Å². The van der Waals surface area contributed by atoms with Crippen LogP contribution in [0.3, 0.4) is 0 Å². The van der Waals surface area contributed by atoms with Gasteiger partial charge in [-0.2, -0.15) is 0 Å². The fourth-order valence-corrected chi connectivity index (χ4v) is 1.67. The Labute approximate surface area is 110 Å². The SMILES string of the molecule is COc1ccc(C(=O)Cc2nccnc2Cl)cc1. The Kier molecular flexibility index (Phi) is 3.89. The zero-order valence-corrected chi connectivity index (χ0v) is 10.5. The first-order chi connectivity index (χ1) is 8.70. The van der Waals surface area contributed by atoms with E-state index in [0.717, 1.165) is 0 Å². The summed E-state index contributed by atoms with van der Waals surface area (Å²) in [5, 5.41) is 0.263. The molecule has 0 radical (unpaired) electrons. The van der Waals surface area contributed by atoms with Crippen molar-refractivity contribution in [3.63, 3.8) is 0 Å². The molecule has 4 nitrogen and oxygen atoms in total. The monoisotopic (exact) mass is 262 g/mol. The lowest BCUT2D eigenvalue weighted by atomic mass is 10.1. The summed E-state index contributed by atoms with van der Waals surface area (Å²) in [5.41, 5.74) is 1.08. The number of benzene rings is 1. The second kappa shape index (κ2) is 5.60. The average Bonchev–Trinajstić information content (AvgIpc) is 2.41. The van der Waals surface area contributed by atoms with Gasteiger partial charge in [0.2, 0.25) is 0 Å². The molecule has 2 rings (SSSR count). The number of halogens is 1. The zero-order valence-electron chi connectivity index (χ0n) is 9.76. The van der Waals surface area contributed by atoms with Crippen LogP contribution >= 0.6 is 11.6 Å². The minimum Gasteiger partial charge on any atom is -0.497 e. The molecule has 0 spiro atoms. The molecule has 0 unspecified atom stereocenters. The summed E-state index contributed by atoms with van der Waals surface area (Å²) in [5.74, 6) is 0.657. The van der Waals surface area contributed by atoms with Gasteiger partial charge in [-0.15, -0.1) is 0 Å². The van der Waals surface area contributed by atoms with Crippen LogP contribution in [-0.4, -0.2) is 22.9 Å². The first-order valence-electron chi connectivity index (χ1n) is 5.33. The maximum absolute atomic E-state index is 12.0. The number of hydrogen-bond acceptors (Lipinski definition) is 4. The molecule has 0 aliphatic rings. The van der Waals surface area contributed by atoms with Crippen molar-refractivity contribution in [3.8, 4) is 5.75 Å². The summed E-state index contributed by atoms with van der Waals surface area (Å²) in [6, 6.07) is 6.91. The van der Waals surface area contributed by atoms with E-state index < -0.39 is 0 Å². The molecule has 0 atom stereocenters.